The van der Waals surface area contributed by atoms with Crippen LogP contribution in [0.3, 0.4) is 0 Å². The molecule has 0 atom stereocenters. The zero-order valence-corrected chi connectivity index (χ0v) is 8.40. The Morgan fingerprint density at radius 2 is 1.77 bits per heavy atom. The van der Waals surface area contributed by atoms with Gasteiger partial charge in [0.15, 0.2) is 5.78 Å². The van der Waals surface area contributed by atoms with Gasteiger partial charge in [0.1, 0.15) is 0 Å². The van der Waals surface area contributed by atoms with E-state index in [1.54, 1.807) is 0 Å². The van der Waals surface area contributed by atoms with Gasteiger partial charge in [-0.15, -0.1) is 0 Å². The SMILES string of the molecule is Cc1cc2c(c(C)c1C)C(=O)CC2. The van der Waals surface area contributed by atoms with Crippen LogP contribution < -0.4 is 0 Å². The van der Waals surface area contributed by atoms with Crippen molar-refractivity contribution in [1.29, 1.82) is 0 Å². The molecule has 0 radical (unpaired) electrons. The van der Waals surface area contributed by atoms with Crippen molar-refractivity contribution in [2.45, 2.75) is 33.6 Å². The highest BCUT2D eigenvalue weighted by Gasteiger charge is 2.22. The predicted molar refractivity (Wildman–Crippen MR) is 53.3 cm³/mol. The summed E-state index contributed by atoms with van der Waals surface area (Å²) < 4.78 is 0. The maximum absolute atomic E-state index is 11.5. The van der Waals surface area contributed by atoms with Crippen LogP contribution in [0.25, 0.3) is 0 Å². The van der Waals surface area contributed by atoms with E-state index in [-0.39, 0.29) is 0 Å². The van der Waals surface area contributed by atoms with E-state index in [2.05, 4.69) is 26.8 Å². The molecule has 0 spiro atoms. The Kier molecular flexibility index (Phi) is 1.76. The summed E-state index contributed by atoms with van der Waals surface area (Å²) in [6, 6.07) is 2.17. The van der Waals surface area contributed by atoms with Gasteiger partial charge in [-0.05, 0) is 49.4 Å². The van der Waals surface area contributed by atoms with Gasteiger partial charge in [-0.25, -0.2) is 0 Å². The monoisotopic (exact) mass is 174 g/mol. The van der Waals surface area contributed by atoms with E-state index in [1.165, 1.54) is 22.3 Å². The number of aryl methyl sites for hydroxylation is 2. The summed E-state index contributed by atoms with van der Waals surface area (Å²) in [6.45, 7) is 6.27. The minimum absolute atomic E-state index is 0.329. The van der Waals surface area contributed by atoms with E-state index in [0.29, 0.717) is 12.2 Å². The lowest BCUT2D eigenvalue weighted by Crippen LogP contribution is -1.99. The molecule has 0 heterocycles. The van der Waals surface area contributed by atoms with Crippen molar-refractivity contribution in [2.24, 2.45) is 0 Å². The molecule has 1 aliphatic carbocycles. The van der Waals surface area contributed by atoms with E-state index in [0.717, 1.165) is 12.0 Å². The molecule has 0 aromatic heterocycles. The third-order valence-electron chi connectivity index (χ3n) is 3.14. The average molecular weight is 174 g/mol. The molecule has 1 aromatic rings. The number of ketones is 1. The standard InChI is InChI=1S/C12H14O/c1-7-6-10-4-5-11(13)12(10)9(3)8(7)2/h6H,4-5H2,1-3H3. The molecular formula is C12H14O. The van der Waals surface area contributed by atoms with Crippen LogP contribution in [0, 0.1) is 20.8 Å². The summed E-state index contributed by atoms with van der Waals surface area (Å²) in [6.07, 6.45) is 1.65. The van der Waals surface area contributed by atoms with Crippen molar-refractivity contribution < 1.29 is 4.79 Å². The molecule has 0 aliphatic heterocycles. The van der Waals surface area contributed by atoms with Crippen molar-refractivity contribution in [3.63, 3.8) is 0 Å². The predicted octanol–water partition coefficient (Wildman–Crippen LogP) is 2.74. The summed E-state index contributed by atoms with van der Waals surface area (Å²) in [5, 5.41) is 0. The number of hydrogen-bond acceptors (Lipinski definition) is 1. The lowest BCUT2D eigenvalue weighted by Gasteiger charge is -2.09. The Balaban J connectivity index is 2.75. The first kappa shape index (κ1) is 8.49. The number of benzene rings is 1. The van der Waals surface area contributed by atoms with Gasteiger partial charge in [0.25, 0.3) is 0 Å². The minimum Gasteiger partial charge on any atom is -0.294 e. The van der Waals surface area contributed by atoms with Crippen LogP contribution in [0.2, 0.25) is 0 Å². The molecule has 1 heteroatoms. The second kappa shape index (κ2) is 2.69. The van der Waals surface area contributed by atoms with Crippen LogP contribution in [0.5, 0.6) is 0 Å². The normalized spacial score (nSPS) is 14.8. The number of carbonyl (C=O) groups excluding carboxylic acids is 1. The molecule has 13 heavy (non-hydrogen) atoms. The topological polar surface area (TPSA) is 17.1 Å². The van der Waals surface area contributed by atoms with Crippen LogP contribution in [0.15, 0.2) is 6.07 Å². The molecule has 0 saturated carbocycles. The molecule has 0 fully saturated rings. The van der Waals surface area contributed by atoms with E-state index in [9.17, 15) is 4.79 Å². The van der Waals surface area contributed by atoms with Gasteiger partial charge in [-0.2, -0.15) is 0 Å². The fourth-order valence-corrected chi connectivity index (χ4v) is 2.12. The first-order valence-corrected chi connectivity index (χ1v) is 4.74. The molecule has 1 aromatic carbocycles. The van der Waals surface area contributed by atoms with Crippen LogP contribution in [-0.2, 0) is 6.42 Å². The molecule has 1 nitrogen and oxygen atoms in total. The molecule has 0 bridgehead atoms. The molecule has 0 saturated heterocycles. The number of fused-ring (bicyclic) bond motifs is 1. The Morgan fingerprint density at radius 3 is 2.46 bits per heavy atom. The third kappa shape index (κ3) is 1.11. The van der Waals surface area contributed by atoms with E-state index < -0.39 is 0 Å². The smallest absolute Gasteiger partial charge is 0.163 e. The van der Waals surface area contributed by atoms with E-state index in [1.807, 2.05) is 0 Å². The summed E-state index contributed by atoms with van der Waals surface area (Å²) >= 11 is 0. The average Bonchev–Trinajstić information content (AvgIpc) is 2.43. The highest BCUT2D eigenvalue weighted by Crippen LogP contribution is 2.29. The van der Waals surface area contributed by atoms with Crippen molar-refractivity contribution in [2.75, 3.05) is 0 Å². The largest absolute Gasteiger partial charge is 0.294 e. The number of Topliss-reactive ketones (excluding diaryl/α,β-unsaturated/α-hetero) is 1. The minimum atomic E-state index is 0.329. The third-order valence-corrected chi connectivity index (χ3v) is 3.14. The van der Waals surface area contributed by atoms with Crippen molar-refractivity contribution in [3.8, 4) is 0 Å². The quantitative estimate of drug-likeness (QED) is 0.591. The van der Waals surface area contributed by atoms with E-state index >= 15 is 0 Å². The zero-order chi connectivity index (χ0) is 9.59. The fraction of sp³-hybridized carbons (Fsp3) is 0.417. The summed E-state index contributed by atoms with van der Waals surface area (Å²) in [5.74, 6) is 0.329. The van der Waals surface area contributed by atoms with Crippen molar-refractivity contribution in [1.82, 2.24) is 0 Å². The second-order valence-electron chi connectivity index (χ2n) is 3.90. The summed E-state index contributed by atoms with van der Waals surface area (Å²) in [7, 11) is 0. The maximum atomic E-state index is 11.5. The summed E-state index contributed by atoms with van der Waals surface area (Å²) in [5.41, 5.74) is 6.03. The lowest BCUT2D eigenvalue weighted by molar-refractivity contribution is 0.0994. The van der Waals surface area contributed by atoms with Crippen LogP contribution >= 0.6 is 0 Å². The van der Waals surface area contributed by atoms with Crippen LogP contribution in [0.4, 0.5) is 0 Å². The number of hydrogen-bond donors (Lipinski definition) is 0. The number of carbonyl (C=O) groups is 1. The van der Waals surface area contributed by atoms with Crippen LogP contribution in [-0.4, -0.2) is 5.78 Å². The van der Waals surface area contributed by atoms with Gasteiger partial charge in [0, 0.05) is 12.0 Å². The van der Waals surface area contributed by atoms with Crippen LogP contribution in [0.1, 0.15) is 39.0 Å². The fourth-order valence-electron chi connectivity index (χ4n) is 2.12. The Morgan fingerprint density at radius 1 is 1.08 bits per heavy atom. The van der Waals surface area contributed by atoms with Gasteiger partial charge in [0.2, 0.25) is 0 Å². The van der Waals surface area contributed by atoms with Crippen molar-refractivity contribution in [3.05, 3.63) is 33.9 Å². The van der Waals surface area contributed by atoms with Gasteiger partial charge in [-0.3, -0.25) is 4.79 Å². The van der Waals surface area contributed by atoms with Gasteiger partial charge < -0.3 is 0 Å². The molecule has 0 unspecified atom stereocenters. The summed E-state index contributed by atoms with van der Waals surface area (Å²) in [4.78, 5) is 11.5. The molecule has 68 valence electrons. The molecular weight excluding hydrogens is 160 g/mol. The first-order chi connectivity index (χ1) is 6.11. The molecule has 0 amide bonds. The molecule has 1 aliphatic rings. The van der Waals surface area contributed by atoms with Gasteiger partial charge >= 0.3 is 0 Å². The lowest BCUT2D eigenvalue weighted by atomic mass is 9.95. The highest BCUT2D eigenvalue weighted by atomic mass is 16.1. The van der Waals surface area contributed by atoms with E-state index in [4.69, 9.17) is 0 Å². The maximum Gasteiger partial charge on any atom is 0.163 e. The zero-order valence-electron chi connectivity index (χ0n) is 8.40. The second-order valence-corrected chi connectivity index (χ2v) is 3.90. The Labute approximate surface area is 78.8 Å². The van der Waals surface area contributed by atoms with Gasteiger partial charge in [-0.1, -0.05) is 6.07 Å². The molecule has 0 N–H and O–H groups in total. The highest BCUT2D eigenvalue weighted by molar-refractivity contribution is 6.02. The van der Waals surface area contributed by atoms with Crippen molar-refractivity contribution >= 4 is 5.78 Å². The Hall–Kier alpha value is -1.11. The van der Waals surface area contributed by atoms with Gasteiger partial charge in [0.05, 0.1) is 0 Å². The Bertz CT molecular complexity index is 389. The first-order valence-electron chi connectivity index (χ1n) is 4.74. The molecule has 2 rings (SSSR count). The number of rotatable bonds is 0.